The van der Waals surface area contributed by atoms with E-state index in [0.29, 0.717) is 17.8 Å². The number of Topliss-reactive ketones (excluding diaryl/α,β-unsaturated/α-hetero) is 1. The van der Waals surface area contributed by atoms with Gasteiger partial charge in [-0.3, -0.25) is 14.6 Å². The molecule has 2 heterocycles. The van der Waals surface area contributed by atoms with E-state index in [1.165, 1.54) is 0 Å². The number of carbonyl (C=O) groups excluding carboxylic acids is 1. The highest BCUT2D eigenvalue weighted by molar-refractivity contribution is 6.00. The van der Waals surface area contributed by atoms with Crippen molar-refractivity contribution in [1.82, 2.24) is 9.97 Å². The Morgan fingerprint density at radius 3 is 2.73 bits per heavy atom. The zero-order valence-corrected chi connectivity index (χ0v) is 13.2. The smallest absolute Gasteiger partial charge is 0.258 e. The number of nitrogen functional groups attached to an aromatic ring is 1. The summed E-state index contributed by atoms with van der Waals surface area (Å²) in [6.45, 7) is 6.22. The lowest BCUT2D eigenvalue weighted by atomic mass is 9.70. The number of carbonyl (C=O) groups is 1. The molecule has 118 valence electrons. The highest BCUT2D eigenvalue weighted by Gasteiger charge is 2.41. The number of nitrogens with two attached hydrogens (primary N) is 1. The third-order valence-corrected chi connectivity index (χ3v) is 4.44. The Kier molecular flexibility index (Phi) is 3.34. The van der Waals surface area contributed by atoms with E-state index in [4.69, 9.17) is 5.73 Å². The number of aromatic amines is 1. The standard InChI is InChI=1S/C16H22N4O2/c1-4-5-8-11-9(6-16(2,3)7-10(11)21)18-13-12(8)14(22)20-15(17)19-13/h8H,4-7H2,1-3H3,(H4,17,18,19,20,22). The van der Waals surface area contributed by atoms with E-state index in [0.717, 1.165) is 30.5 Å². The molecule has 22 heavy (non-hydrogen) atoms. The first-order valence-electron chi connectivity index (χ1n) is 7.75. The molecule has 0 radical (unpaired) electrons. The van der Waals surface area contributed by atoms with Gasteiger partial charge in [-0.05, 0) is 18.3 Å². The molecule has 1 aliphatic heterocycles. The summed E-state index contributed by atoms with van der Waals surface area (Å²) in [6, 6.07) is 0. The van der Waals surface area contributed by atoms with Crippen LogP contribution in [0.15, 0.2) is 16.1 Å². The molecule has 0 fully saturated rings. The molecule has 1 aromatic heterocycles. The van der Waals surface area contributed by atoms with Gasteiger partial charge in [-0.25, -0.2) is 0 Å². The quantitative estimate of drug-likeness (QED) is 0.778. The highest BCUT2D eigenvalue weighted by atomic mass is 16.1. The third-order valence-electron chi connectivity index (χ3n) is 4.44. The normalized spacial score (nSPS) is 22.9. The Balaban J connectivity index is 2.18. The van der Waals surface area contributed by atoms with Crippen LogP contribution < -0.4 is 16.6 Å². The predicted molar refractivity (Wildman–Crippen MR) is 85.6 cm³/mol. The summed E-state index contributed by atoms with van der Waals surface area (Å²) in [5.41, 5.74) is 7.55. The van der Waals surface area contributed by atoms with Crippen molar-refractivity contribution in [1.29, 1.82) is 0 Å². The van der Waals surface area contributed by atoms with E-state index in [9.17, 15) is 9.59 Å². The van der Waals surface area contributed by atoms with Crippen molar-refractivity contribution < 1.29 is 4.79 Å². The number of aromatic nitrogens is 2. The van der Waals surface area contributed by atoms with Gasteiger partial charge in [0.2, 0.25) is 5.95 Å². The molecule has 1 aliphatic carbocycles. The second-order valence-electron chi connectivity index (χ2n) is 7.01. The minimum Gasteiger partial charge on any atom is -0.369 e. The number of anilines is 2. The van der Waals surface area contributed by atoms with Gasteiger partial charge in [0.1, 0.15) is 5.82 Å². The average Bonchev–Trinajstić information content (AvgIpc) is 2.35. The molecule has 1 unspecified atom stereocenters. The highest BCUT2D eigenvalue weighted by Crippen LogP contribution is 2.46. The maximum atomic E-state index is 12.7. The maximum Gasteiger partial charge on any atom is 0.258 e. The maximum absolute atomic E-state index is 12.7. The van der Waals surface area contributed by atoms with E-state index in [2.05, 4.69) is 36.1 Å². The molecule has 6 nitrogen and oxygen atoms in total. The fourth-order valence-corrected chi connectivity index (χ4v) is 3.63. The van der Waals surface area contributed by atoms with Gasteiger partial charge in [-0.15, -0.1) is 0 Å². The first kappa shape index (κ1) is 14.8. The number of hydrogen-bond donors (Lipinski definition) is 3. The van der Waals surface area contributed by atoms with E-state index >= 15 is 0 Å². The summed E-state index contributed by atoms with van der Waals surface area (Å²) in [5.74, 6) is 0.552. The second-order valence-corrected chi connectivity index (χ2v) is 7.01. The molecule has 0 amide bonds. The largest absolute Gasteiger partial charge is 0.369 e. The van der Waals surface area contributed by atoms with Gasteiger partial charge in [-0.1, -0.05) is 27.2 Å². The number of rotatable bonds is 2. The van der Waals surface area contributed by atoms with Crippen LogP contribution in [0.5, 0.6) is 0 Å². The van der Waals surface area contributed by atoms with Gasteiger partial charge in [0, 0.05) is 23.6 Å². The molecule has 0 bridgehead atoms. The molecule has 6 heteroatoms. The van der Waals surface area contributed by atoms with E-state index in [1.807, 2.05) is 0 Å². The summed E-state index contributed by atoms with van der Waals surface area (Å²) in [4.78, 5) is 31.8. The van der Waals surface area contributed by atoms with Gasteiger partial charge in [0.25, 0.3) is 5.56 Å². The molecule has 0 spiro atoms. The number of hydrogen-bond acceptors (Lipinski definition) is 5. The van der Waals surface area contributed by atoms with Crippen LogP contribution in [-0.2, 0) is 4.79 Å². The van der Waals surface area contributed by atoms with Gasteiger partial charge in [-0.2, -0.15) is 4.98 Å². The van der Waals surface area contributed by atoms with Crippen LogP contribution in [0.4, 0.5) is 11.8 Å². The molecular weight excluding hydrogens is 280 g/mol. The van der Waals surface area contributed by atoms with Crippen molar-refractivity contribution in [3.8, 4) is 0 Å². The van der Waals surface area contributed by atoms with Crippen molar-refractivity contribution in [3.63, 3.8) is 0 Å². The molecular formula is C16H22N4O2. The van der Waals surface area contributed by atoms with E-state index in [-0.39, 0.29) is 28.6 Å². The summed E-state index contributed by atoms with van der Waals surface area (Å²) in [7, 11) is 0. The van der Waals surface area contributed by atoms with Crippen LogP contribution in [0.1, 0.15) is 57.9 Å². The van der Waals surface area contributed by atoms with Crippen molar-refractivity contribution in [2.24, 2.45) is 5.41 Å². The Bertz CT molecular complexity index is 730. The zero-order valence-electron chi connectivity index (χ0n) is 13.2. The molecule has 2 aliphatic rings. The first-order valence-corrected chi connectivity index (χ1v) is 7.75. The number of fused-ring (bicyclic) bond motifs is 1. The van der Waals surface area contributed by atoms with Crippen LogP contribution in [0.25, 0.3) is 0 Å². The number of H-pyrrole nitrogens is 1. The van der Waals surface area contributed by atoms with Crippen LogP contribution in [0.2, 0.25) is 0 Å². The van der Waals surface area contributed by atoms with Crippen molar-refractivity contribution in [2.75, 3.05) is 11.1 Å². The first-order chi connectivity index (χ1) is 10.3. The van der Waals surface area contributed by atoms with Gasteiger partial charge >= 0.3 is 0 Å². The van der Waals surface area contributed by atoms with Crippen LogP contribution in [-0.4, -0.2) is 15.8 Å². The lowest BCUT2D eigenvalue weighted by molar-refractivity contribution is -0.118. The number of nitrogens with zero attached hydrogens (tertiary/aromatic N) is 1. The number of ketones is 1. The third kappa shape index (κ3) is 2.32. The van der Waals surface area contributed by atoms with Crippen LogP contribution in [0, 0.1) is 5.41 Å². The Hall–Kier alpha value is -2.11. The minimum absolute atomic E-state index is 0.0794. The van der Waals surface area contributed by atoms with Crippen LogP contribution in [0.3, 0.4) is 0 Å². The van der Waals surface area contributed by atoms with E-state index < -0.39 is 0 Å². The van der Waals surface area contributed by atoms with Crippen molar-refractivity contribution >= 4 is 17.5 Å². The minimum atomic E-state index is -0.252. The van der Waals surface area contributed by atoms with Crippen molar-refractivity contribution in [3.05, 3.63) is 27.2 Å². The Labute approximate surface area is 129 Å². The number of nitrogens with one attached hydrogen (secondary N) is 2. The summed E-state index contributed by atoms with van der Waals surface area (Å²) in [5, 5.41) is 3.20. The average molecular weight is 302 g/mol. The van der Waals surface area contributed by atoms with Crippen molar-refractivity contribution in [2.45, 2.75) is 52.4 Å². The van der Waals surface area contributed by atoms with Gasteiger partial charge in [0.05, 0.1) is 5.56 Å². The summed E-state index contributed by atoms with van der Waals surface area (Å²) >= 11 is 0. The predicted octanol–water partition coefficient (Wildman–Crippen LogP) is 2.30. The monoisotopic (exact) mass is 302 g/mol. The molecule has 1 atom stereocenters. The zero-order chi connectivity index (χ0) is 16.1. The topological polar surface area (TPSA) is 101 Å². The molecule has 1 aromatic rings. The Morgan fingerprint density at radius 2 is 2.05 bits per heavy atom. The molecule has 4 N–H and O–H groups in total. The number of allylic oxidation sites excluding steroid dienone is 2. The molecule has 3 rings (SSSR count). The van der Waals surface area contributed by atoms with Gasteiger partial charge < -0.3 is 11.1 Å². The van der Waals surface area contributed by atoms with E-state index in [1.54, 1.807) is 0 Å². The Morgan fingerprint density at radius 1 is 1.32 bits per heavy atom. The van der Waals surface area contributed by atoms with Gasteiger partial charge in [0.15, 0.2) is 5.78 Å². The second kappa shape index (κ2) is 4.97. The lowest BCUT2D eigenvalue weighted by Gasteiger charge is -2.38. The SMILES string of the molecule is CCCC1C2=C(CC(C)(C)CC2=O)Nc2nc(N)[nH]c(=O)c21. The summed E-state index contributed by atoms with van der Waals surface area (Å²) in [6.07, 6.45) is 2.95. The molecule has 0 saturated heterocycles. The fraction of sp³-hybridized carbons (Fsp3) is 0.562. The fourth-order valence-electron chi connectivity index (χ4n) is 3.63. The van der Waals surface area contributed by atoms with Crippen LogP contribution >= 0.6 is 0 Å². The summed E-state index contributed by atoms with van der Waals surface area (Å²) < 4.78 is 0. The lowest BCUT2D eigenvalue weighted by Crippen LogP contribution is -2.36. The molecule has 0 saturated carbocycles. The molecule has 0 aromatic carbocycles.